The van der Waals surface area contributed by atoms with Gasteiger partial charge in [0, 0.05) is 13.1 Å². The van der Waals surface area contributed by atoms with Crippen LogP contribution in [0.3, 0.4) is 0 Å². The Morgan fingerprint density at radius 3 is 2.65 bits per heavy atom. The zero-order chi connectivity index (χ0) is 17.9. The van der Waals surface area contributed by atoms with Crippen LogP contribution in [-0.4, -0.2) is 29.1 Å². The Balaban J connectivity index is 1.44. The Kier molecular flexibility index (Phi) is 4.89. The number of aromatic nitrogens is 1. The van der Waals surface area contributed by atoms with Crippen molar-refractivity contribution >= 4 is 17.2 Å². The van der Waals surface area contributed by atoms with E-state index in [2.05, 4.69) is 35.5 Å². The molecule has 0 spiro atoms. The van der Waals surface area contributed by atoms with Gasteiger partial charge in [-0.2, -0.15) is 0 Å². The summed E-state index contributed by atoms with van der Waals surface area (Å²) < 4.78 is 5.46. The number of piperidine rings is 1. The molecular formula is C21H22N2O2S. The van der Waals surface area contributed by atoms with Crippen LogP contribution >= 0.6 is 11.3 Å². The monoisotopic (exact) mass is 366 g/mol. The smallest absolute Gasteiger partial charge is 0.259 e. The SMILES string of the molecule is Cc1noc(-c2cccs2)c1C(=O)N1CCC(Cc2ccccc2)CC1. The molecule has 0 atom stereocenters. The Bertz CT molecular complexity index is 863. The molecule has 1 aliphatic rings. The second-order valence-electron chi connectivity index (χ2n) is 6.87. The van der Waals surface area contributed by atoms with Crippen molar-refractivity contribution in [2.45, 2.75) is 26.2 Å². The van der Waals surface area contributed by atoms with Crippen molar-refractivity contribution in [3.8, 4) is 10.6 Å². The molecule has 1 aliphatic heterocycles. The molecule has 4 rings (SSSR count). The molecule has 1 aromatic carbocycles. The zero-order valence-electron chi connectivity index (χ0n) is 14.9. The van der Waals surface area contributed by atoms with Crippen LogP contribution in [-0.2, 0) is 6.42 Å². The van der Waals surface area contributed by atoms with Gasteiger partial charge in [0.25, 0.3) is 5.91 Å². The van der Waals surface area contributed by atoms with E-state index in [9.17, 15) is 4.79 Å². The number of carbonyl (C=O) groups excluding carboxylic acids is 1. The minimum atomic E-state index is 0.0466. The predicted molar refractivity (Wildman–Crippen MR) is 103 cm³/mol. The van der Waals surface area contributed by atoms with Crippen molar-refractivity contribution in [2.75, 3.05) is 13.1 Å². The van der Waals surface area contributed by atoms with Crippen molar-refractivity contribution < 1.29 is 9.32 Å². The summed E-state index contributed by atoms with van der Waals surface area (Å²) in [6, 6.07) is 14.5. The first-order chi connectivity index (χ1) is 12.7. The topological polar surface area (TPSA) is 46.3 Å². The molecule has 4 nitrogen and oxygen atoms in total. The van der Waals surface area contributed by atoms with E-state index in [0.29, 0.717) is 22.9 Å². The first-order valence-corrected chi connectivity index (χ1v) is 9.93. The average Bonchev–Trinajstić information content (AvgIpc) is 3.32. The first-order valence-electron chi connectivity index (χ1n) is 9.05. The van der Waals surface area contributed by atoms with Gasteiger partial charge in [0.2, 0.25) is 0 Å². The van der Waals surface area contributed by atoms with E-state index in [1.54, 1.807) is 11.3 Å². The van der Waals surface area contributed by atoms with E-state index in [-0.39, 0.29) is 5.91 Å². The molecule has 0 saturated carbocycles. The Morgan fingerprint density at radius 1 is 1.19 bits per heavy atom. The molecule has 2 aromatic heterocycles. The summed E-state index contributed by atoms with van der Waals surface area (Å²) in [5.41, 5.74) is 2.67. The molecule has 134 valence electrons. The van der Waals surface area contributed by atoms with Crippen LogP contribution < -0.4 is 0 Å². The summed E-state index contributed by atoms with van der Waals surface area (Å²) >= 11 is 1.56. The zero-order valence-corrected chi connectivity index (χ0v) is 15.7. The number of benzene rings is 1. The van der Waals surface area contributed by atoms with E-state index in [4.69, 9.17) is 4.52 Å². The number of nitrogens with zero attached hydrogens (tertiary/aromatic N) is 2. The normalized spacial score (nSPS) is 15.3. The van der Waals surface area contributed by atoms with Crippen molar-refractivity contribution in [2.24, 2.45) is 5.92 Å². The van der Waals surface area contributed by atoms with Gasteiger partial charge in [-0.05, 0) is 49.1 Å². The molecule has 26 heavy (non-hydrogen) atoms. The van der Waals surface area contributed by atoms with Crippen LogP contribution in [0.2, 0.25) is 0 Å². The molecule has 0 aliphatic carbocycles. The molecule has 0 N–H and O–H groups in total. The van der Waals surface area contributed by atoms with Crippen LogP contribution in [0.4, 0.5) is 0 Å². The molecule has 5 heteroatoms. The van der Waals surface area contributed by atoms with Gasteiger partial charge in [0.1, 0.15) is 5.56 Å². The maximum Gasteiger partial charge on any atom is 0.259 e. The summed E-state index contributed by atoms with van der Waals surface area (Å²) in [6.45, 7) is 3.44. The number of hydrogen-bond donors (Lipinski definition) is 0. The molecule has 1 saturated heterocycles. The number of thiophene rings is 1. The molecule has 1 amide bonds. The van der Waals surface area contributed by atoms with E-state index in [1.807, 2.05) is 29.3 Å². The second-order valence-corrected chi connectivity index (χ2v) is 7.82. The third kappa shape index (κ3) is 3.44. The molecule has 3 aromatic rings. The summed E-state index contributed by atoms with van der Waals surface area (Å²) in [4.78, 5) is 16.0. The maximum absolute atomic E-state index is 13.1. The number of carbonyl (C=O) groups is 1. The maximum atomic E-state index is 13.1. The van der Waals surface area contributed by atoms with Crippen LogP contribution in [0.5, 0.6) is 0 Å². The quantitative estimate of drug-likeness (QED) is 0.666. The Labute approximate surface area is 157 Å². The van der Waals surface area contributed by atoms with Gasteiger partial charge < -0.3 is 9.42 Å². The van der Waals surface area contributed by atoms with E-state index >= 15 is 0 Å². The Hall–Kier alpha value is -2.40. The first kappa shape index (κ1) is 17.0. The highest BCUT2D eigenvalue weighted by molar-refractivity contribution is 7.13. The lowest BCUT2D eigenvalue weighted by atomic mass is 9.90. The largest absolute Gasteiger partial charge is 0.354 e. The van der Waals surface area contributed by atoms with Gasteiger partial charge in [-0.15, -0.1) is 11.3 Å². The van der Waals surface area contributed by atoms with Gasteiger partial charge in [0.05, 0.1) is 10.6 Å². The fraction of sp³-hybridized carbons (Fsp3) is 0.333. The second kappa shape index (κ2) is 7.46. The fourth-order valence-electron chi connectivity index (χ4n) is 3.64. The molecule has 0 bridgehead atoms. The standard InChI is InChI=1S/C21H22N2O2S/c1-15-19(20(25-22-15)18-8-5-13-26-18)21(24)23-11-9-17(10-12-23)14-16-6-3-2-4-7-16/h2-8,13,17H,9-12,14H2,1H3. The van der Waals surface area contributed by atoms with Gasteiger partial charge in [-0.3, -0.25) is 4.79 Å². The highest BCUT2D eigenvalue weighted by Crippen LogP contribution is 2.32. The van der Waals surface area contributed by atoms with Crippen LogP contribution in [0, 0.1) is 12.8 Å². The van der Waals surface area contributed by atoms with E-state index in [1.165, 1.54) is 5.56 Å². The average molecular weight is 366 g/mol. The number of likely N-dealkylation sites (tertiary alicyclic amines) is 1. The van der Waals surface area contributed by atoms with E-state index in [0.717, 1.165) is 37.2 Å². The van der Waals surface area contributed by atoms with Gasteiger partial charge >= 0.3 is 0 Å². The fourth-order valence-corrected chi connectivity index (χ4v) is 4.35. The number of rotatable bonds is 4. The van der Waals surface area contributed by atoms with Crippen LogP contribution in [0.25, 0.3) is 10.6 Å². The minimum Gasteiger partial charge on any atom is -0.354 e. The van der Waals surface area contributed by atoms with Gasteiger partial charge in [-0.25, -0.2) is 0 Å². The van der Waals surface area contributed by atoms with Gasteiger partial charge in [-0.1, -0.05) is 41.6 Å². The molecule has 3 heterocycles. The van der Waals surface area contributed by atoms with Crippen molar-refractivity contribution in [3.05, 3.63) is 64.7 Å². The molecule has 0 radical (unpaired) electrons. The molecule has 1 fully saturated rings. The summed E-state index contributed by atoms with van der Waals surface area (Å²) in [7, 11) is 0. The third-order valence-electron chi connectivity index (χ3n) is 5.09. The van der Waals surface area contributed by atoms with Crippen molar-refractivity contribution in [3.63, 3.8) is 0 Å². The number of hydrogen-bond acceptors (Lipinski definition) is 4. The molecular weight excluding hydrogens is 344 g/mol. The van der Waals surface area contributed by atoms with Crippen molar-refractivity contribution in [1.29, 1.82) is 0 Å². The summed E-state index contributed by atoms with van der Waals surface area (Å²) in [6.07, 6.45) is 3.17. The lowest BCUT2D eigenvalue weighted by molar-refractivity contribution is 0.0690. The lowest BCUT2D eigenvalue weighted by Gasteiger charge is -2.32. The molecule has 0 unspecified atom stereocenters. The Morgan fingerprint density at radius 2 is 1.96 bits per heavy atom. The summed E-state index contributed by atoms with van der Waals surface area (Å²) in [5.74, 6) is 1.29. The third-order valence-corrected chi connectivity index (χ3v) is 5.96. The predicted octanol–water partition coefficient (Wildman–Crippen LogP) is 4.81. The van der Waals surface area contributed by atoms with Crippen LogP contribution in [0.1, 0.15) is 34.5 Å². The van der Waals surface area contributed by atoms with E-state index < -0.39 is 0 Å². The van der Waals surface area contributed by atoms with Crippen LogP contribution in [0.15, 0.2) is 52.4 Å². The number of amides is 1. The van der Waals surface area contributed by atoms with Crippen molar-refractivity contribution in [1.82, 2.24) is 10.1 Å². The number of aryl methyl sites for hydroxylation is 1. The lowest BCUT2D eigenvalue weighted by Crippen LogP contribution is -2.39. The summed E-state index contributed by atoms with van der Waals surface area (Å²) in [5, 5.41) is 6.03. The highest BCUT2D eigenvalue weighted by Gasteiger charge is 2.29. The van der Waals surface area contributed by atoms with Gasteiger partial charge in [0.15, 0.2) is 5.76 Å². The minimum absolute atomic E-state index is 0.0466. The highest BCUT2D eigenvalue weighted by atomic mass is 32.1.